The zero-order valence-electron chi connectivity index (χ0n) is 11.8. The Labute approximate surface area is 127 Å². The lowest BCUT2D eigenvalue weighted by Gasteiger charge is -2.04. The molecule has 0 atom stereocenters. The van der Waals surface area contributed by atoms with Gasteiger partial charge in [-0.1, -0.05) is 6.07 Å². The predicted molar refractivity (Wildman–Crippen MR) is 79.8 cm³/mol. The first-order chi connectivity index (χ1) is 10.8. The predicted octanol–water partition coefficient (Wildman–Crippen LogP) is 1.17. The van der Waals surface area contributed by atoms with E-state index < -0.39 is 0 Å². The van der Waals surface area contributed by atoms with Crippen molar-refractivity contribution in [2.75, 3.05) is 6.54 Å². The summed E-state index contributed by atoms with van der Waals surface area (Å²) < 4.78 is 1.76. The molecule has 0 aliphatic carbocycles. The largest absolute Gasteiger partial charge is 0.349 e. The summed E-state index contributed by atoms with van der Waals surface area (Å²) in [5, 5.41) is 7.20. The number of nitrogens with zero attached hydrogens (tertiary/aromatic N) is 5. The van der Waals surface area contributed by atoms with Gasteiger partial charge in [0.2, 0.25) is 0 Å². The molecule has 3 aromatic rings. The number of pyridine rings is 1. The van der Waals surface area contributed by atoms with Crippen molar-refractivity contribution in [1.82, 2.24) is 30.0 Å². The summed E-state index contributed by atoms with van der Waals surface area (Å²) in [6.07, 6.45) is 8.04. The topological polar surface area (TPSA) is 85.6 Å². The Morgan fingerprint density at radius 3 is 2.82 bits per heavy atom. The summed E-state index contributed by atoms with van der Waals surface area (Å²) in [6.45, 7) is 1.03. The van der Waals surface area contributed by atoms with Gasteiger partial charge in [-0.15, -0.1) is 0 Å². The van der Waals surface area contributed by atoms with E-state index in [9.17, 15) is 4.79 Å². The van der Waals surface area contributed by atoms with E-state index in [0.717, 1.165) is 11.4 Å². The fraction of sp³-hybridized carbons (Fsp3) is 0.133. The smallest absolute Gasteiger partial charge is 0.271 e. The van der Waals surface area contributed by atoms with Crippen LogP contribution in [0.3, 0.4) is 0 Å². The Morgan fingerprint density at radius 2 is 2.05 bits per heavy atom. The summed E-state index contributed by atoms with van der Waals surface area (Å²) in [6, 6.07) is 7.58. The number of carbonyl (C=O) groups is 1. The first-order valence-electron chi connectivity index (χ1n) is 6.82. The third kappa shape index (κ3) is 3.32. The fourth-order valence-electron chi connectivity index (χ4n) is 1.93. The number of hydrogen-bond donors (Lipinski definition) is 1. The highest BCUT2D eigenvalue weighted by Gasteiger charge is 2.06. The molecule has 0 aromatic carbocycles. The molecule has 0 saturated carbocycles. The van der Waals surface area contributed by atoms with Crippen molar-refractivity contribution in [2.45, 2.75) is 6.54 Å². The molecule has 0 saturated heterocycles. The summed E-state index contributed by atoms with van der Waals surface area (Å²) >= 11 is 0. The van der Waals surface area contributed by atoms with Gasteiger partial charge in [-0.2, -0.15) is 5.10 Å². The first-order valence-corrected chi connectivity index (χ1v) is 6.82. The molecule has 110 valence electrons. The maximum atomic E-state index is 11.8. The van der Waals surface area contributed by atoms with Gasteiger partial charge in [0, 0.05) is 31.3 Å². The third-order valence-corrected chi connectivity index (χ3v) is 2.99. The summed E-state index contributed by atoms with van der Waals surface area (Å²) in [5.74, 6) is -0.245. The fourth-order valence-corrected chi connectivity index (χ4v) is 1.93. The minimum Gasteiger partial charge on any atom is -0.349 e. The van der Waals surface area contributed by atoms with Crippen LogP contribution < -0.4 is 5.32 Å². The second-order valence-electron chi connectivity index (χ2n) is 4.53. The van der Waals surface area contributed by atoms with Gasteiger partial charge in [0.05, 0.1) is 18.4 Å². The number of amides is 1. The Balaban J connectivity index is 1.55. The van der Waals surface area contributed by atoms with Crippen LogP contribution in [0.1, 0.15) is 10.5 Å². The van der Waals surface area contributed by atoms with Crippen LogP contribution >= 0.6 is 0 Å². The quantitative estimate of drug-likeness (QED) is 0.763. The number of aromatic nitrogens is 5. The SMILES string of the molecule is O=C(NCCn1ccc(-c2ccccn2)n1)c1cnccn1. The Hall–Kier alpha value is -3.09. The molecule has 22 heavy (non-hydrogen) atoms. The molecule has 1 N–H and O–H groups in total. The summed E-state index contributed by atoms with van der Waals surface area (Å²) in [4.78, 5) is 23.9. The lowest BCUT2D eigenvalue weighted by atomic mass is 10.3. The number of rotatable bonds is 5. The Morgan fingerprint density at radius 1 is 1.09 bits per heavy atom. The zero-order valence-corrected chi connectivity index (χ0v) is 11.8. The van der Waals surface area contributed by atoms with Gasteiger partial charge in [-0.05, 0) is 18.2 Å². The molecular weight excluding hydrogens is 280 g/mol. The number of nitrogens with one attached hydrogen (secondary N) is 1. The van der Waals surface area contributed by atoms with Crippen molar-refractivity contribution < 1.29 is 4.79 Å². The molecule has 7 nitrogen and oxygen atoms in total. The second kappa shape index (κ2) is 6.57. The standard InChI is InChI=1S/C15H14N6O/c22-15(14-11-16-6-7-18-14)19-8-10-21-9-4-13(20-21)12-3-1-2-5-17-12/h1-7,9,11H,8,10H2,(H,19,22). The maximum absolute atomic E-state index is 11.8. The van der Waals surface area contributed by atoms with Gasteiger partial charge in [0.1, 0.15) is 11.4 Å². The van der Waals surface area contributed by atoms with Crippen LogP contribution in [0.4, 0.5) is 0 Å². The highest BCUT2D eigenvalue weighted by Crippen LogP contribution is 2.12. The lowest BCUT2D eigenvalue weighted by molar-refractivity contribution is 0.0946. The number of hydrogen-bond acceptors (Lipinski definition) is 5. The van der Waals surface area contributed by atoms with Gasteiger partial charge in [-0.3, -0.25) is 19.4 Å². The van der Waals surface area contributed by atoms with Crippen molar-refractivity contribution in [3.63, 3.8) is 0 Å². The molecule has 0 fully saturated rings. The molecule has 3 heterocycles. The van der Waals surface area contributed by atoms with Gasteiger partial charge in [0.25, 0.3) is 5.91 Å². The maximum Gasteiger partial charge on any atom is 0.271 e. The van der Waals surface area contributed by atoms with Crippen molar-refractivity contribution in [3.8, 4) is 11.4 Å². The van der Waals surface area contributed by atoms with Crippen molar-refractivity contribution >= 4 is 5.91 Å². The van der Waals surface area contributed by atoms with E-state index in [1.54, 1.807) is 10.9 Å². The van der Waals surface area contributed by atoms with Crippen molar-refractivity contribution in [1.29, 1.82) is 0 Å². The van der Waals surface area contributed by atoms with Crippen molar-refractivity contribution in [3.05, 3.63) is 60.9 Å². The minimum atomic E-state index is -0.245. The van der Waals surface area contributed by atoms with Crippen LogP contribution in [-0.2, 0) is 6.54 Å². The van der Waals surface area contributed by atoms with Gasteiger partial charge >= 0.3 is 0 Å². The Bertz CT molecular complexity index is 741. The van der Waals surface area contributed by atoms with Gasteiger partial charge < -0.3 is 5.32 Å². The highest BCUT2D eigenvalue weighted by atomic mass is 16.1. The lowest BCUT2D eigenvalue weighted by Crippen LogP contribution is -2.28. The molecule has 0 aliphatic heterocycles. The molecule has 0 spiro atoms. The normalized spacial score (nSPS) is 10.4. The van der Waals surface area contributed by atoms with E-state index in [4.69, 9.17) is 0 Å². The molecule has 0 aliphatic rings. The first kappa shape index (κ1) is 13.9. The second-order valence-corrected chi connectivity index (χ2v) is 4.53. The van der Waals surface area contributed by atoms with E-state index in [1.165, 1.54) is 18.6 Å². The van der Waals surface area contributed by atoms with E-state index in [0.29, 0.717) is 18.8 Å². The molecule has 0 bridgehead atoms. The molecular formula is C15H14N6O. The average Bonchev–Trinajstić information content (AvgIpc) is 3.05. The zero-order chi connectivity index (χ0) is 15.2. The molecule has 7 heteroatoms. The average molecular weight is 294 g/mol. The van der Waals surface area contributed by atoms with Crippen LogP contribution in [0.2, 0.25) is 0 Å². The molecule has 0 unspecified atom stereocenters. The molecule has 3 aromatic heterocycles. The Kier molecular flexibility index (Phi) is 4.15. The number of carbonyl (C=O) groups excluding carboxylic acids is 1. The molecule has 3 rings (SSSR count). The monoisotopic (exact) mass is 294 g/mol. The van der Waals surface area contributed by atoms with Crippen LogP contribution in [-0.4, -0.2) is 37.2 Å². The van der Waals surface area contributed by atoms with Crippen LogP contribution in [0.5, 0.6) is 0 Å². The van der Waals surface area contributed by atoms with E-state index in [2.05, 4.69) is 25.4 Å². The van der Waals surface area contributed by atoms with Crippen molar-refractivity contribution in [2.24, 2.45) is 0 Å². The van der Waals surface area contributed by atoms with Crippen LogP contribution in [0.25, 0.3) is 11.4 Å². The minimum absolute atomic E-state index is 0.245. The van der Waals surface area contributed by atoms with Crippen LogP contribution in [0.15, 0.2) is 55.2 Å². The summed E-state index contributed by atoms with van der Waals surface area (Å²) in [5.41, 5.74) is 1.93. The highest BCUT2D eigenvalue weighted by molar-refractivity contribution is 5.91. The van der Waals surface area contributed by atoms with E-state index in [-0.39, 0.29) is 5.91 Å². The van der Waals surface area contributed by atoms with Gasteiger partial charge in [0.15, 0.2) is 0 Å². The van der Waals surface area contributed by atoms with E-state index in [1.807, 2.05) is 30.5 Å². The van der Waals surface area contributed by atoms with Crippen LogP contribution in [0, 0.1) is 0 Å². The van der Waals surface area contributed by atoms with Gasteiger partial charge in [-0.25, -0.2) is 4.98 Å². The molecule has 1 amide bonds. The molecule has 0 radical (unpaired) electrons. The third-order valence-electron chi connectivity index (χ3n) is 2.99. The summed E-state index contributed by atoms with van der Waals surface area (Å²) in [7, 11) is 0. The van der Waals surface area contributed by atoms with E-state index >= 15 is 0 Å².